The van der Waals surface area contributed by atoms with Crippen LogP contribution in [0.4, 0.5) is 0 Å². The highest BCUT2D eigenvalue weighted by Gasteiger charge is 2.54. The van der Waals surface area contributed by atoms with Gasteiger partial charge in [0.05, 0.1) is 0 Å². The number of carbonyl (C=O) groups is 1. The number of Topliss-reactive ketones (excluding diaryl/α,β-unsaturated/α-hetero) is 1. The fourth-order valence-corrected chi connectivity index (χ4v) is 5.08. The molecule has 23 heavy (non-hydrogen) atoms. The molecule has 114 valence electrons. The maximum Gasteiger partial charge on any atom is 0.169 e. The molecule has 1 fully saturated rings. The predicted molar refractivity (Wildman–Crippen MR) is 92.3 cm³/mol. The summed E-state index contributed by atoms with van der Waals surface area (Å²) in [4.78, 5) is 13.2. The minimum atomic E-state index is -0.0827. The van der Waals surface area contributed by atoms with E-state index in [0.717, 1.165) is 24.8 Å². The SMILES string of the molecule is O=C1c2ccc(-c3ccccc3)cc2CCC12CC1C=CC2C1. The maximum absolute atomic E-state index is 13.2. The standard InChI is InChI=1S/C22H20O/c23-21-20-9-7-17(16-4-2-1-3-5-16)13-18(20)10-11-22(21)14-15-6-8-19(22)12-15/h1-9,13,15,19H,10-12,14H2. The van der Waals surface area contributed by atoms with Crippen LogP contribution in [-0.2, 0) is 6.42 Å². The number of aryl methyl sites for hydroxylation is 1. The van der Waals surface area contributed by atoms with Gasteiger partial charge in [0.1, 0.15) is 0 Å². The van der Waals surface area contributed by atoms with Crippen molar-refractivity contribution in [2.24, 2.45) is 17.3 Å². The Morgan fingerprint density at radius 2 is 1.83 bits per heavy atom. The zero-order valence-electron chi connectivity index (χ0n) is 13.2. The zero-order chi connectivity index (χ0) is 15.4. The summed E-state index contributed by atoms with van der Waals surface area (Å²) in [5.74, 6) is 1.55. The van der Waals surface area contributed by atoms with E-state index in [2.05, 4.69) is 54.6 Å². The van der Waals surface area contributed by atoms with Gasteiger partial charge in [-0.05, 0) is 54.2 Å². The second kappa shape index (κ2) is 4.67. The lowest BCUT2D eigenvalue weighted by Crippen LogP contribution is -2.39. The van der Waals surface area contributed by atoms with Crippen LogP contribution in [-0.4, -0.2) is 5.78 Å². The van der Waals surface area contributed by atoms with Gasteiger partial charge in [0.25, 0.3) is 0 Å². The van der Waals surface area contributed by atoms with Gasteiger partial charge >= 0.3 is 0 Å². The molecule has 0 aliphatic heterocycles. The Morgan fingerprint density at radius 1 is 0.957 bits per heavy atom. The van der Waals surface area contributed by atoms with Gasteiger partial charge in [-0.1, -0.05) is 60.7 Å². The highest BCUT2D eigenvalue weighted by molar-refractivity contribution is 6.04. The summed E-state index contributed by atoms with van der Waals surface area (Å²) in [5.41, 5.74) is 4.60. The van der Waals surface area contributed by atoms with Crippen molar-refractivity contribution < 1.29 is 4.79 Å². The molecule has 1 heteroatoms. The van der Waals surface area contributed by atoms with Crippen LogP contribution in [0.2, 0.25) is 0 Å². The molecule has 3 aliphatic rings. The number of fused-ring (bicyclic) bond motifs is 4. The first-order valence-corrected chi connectivity index (χ1v) is 8.68. The number of rotatable bonds is 1. The van der Waals surface area contributed by atoms with Gasteiger partial charge < -0.3 is 0 Å². The molecule has 1 spiro atoms. The van der Waals surface area contributed by atoms with Crippen molar-refractivity contribution in [2.75, 3.05) is 0 Å². The van der Waals surface area contributed by atoms with Gasteiger partial charge in [0.15, 0.2) is 5.78 Å². The first-order valence-electron chi connectivity index (χ1n) is 8.68. The van der Waals surface area contributed by atoms with Gasteiger partial charge in [0.2, 0.25) is 0 Å². The van der Waals surface area contributed by atoms with Crippen molar-refractivity contribution in [1.82, 2.24) is 0 Å². The number of benzene rings is 2. The molecule has 0 amide bonds. The zero-order valence-corrected chi connectivity index (χ0v) is 13.2. The average molecular weight is 300 g/mol. The molecule has 1 saturated carbocycles. The fraction of sp³-hybridized carbons (Fsp3) is 0.318. The third-order valence-corrected chi connectivity index (χ3v) is 6.26. The second-order valence-corrected chi connectivity index (χ2v) is 7.41. The van der Waals surface area contributed by atoms with Crippen LogP contribution in [0.3, 0.4) is 0 Å². The van der Waals surface area contributed by atoms with Gasteiger partial charge in [-0.15, -0.1) is 0 Å². The van der Waals surface area contributed by atoms with E-state index in [-0.39, 0.29) is 5.41 Å². The van der Waals surface area contributed by atoms with Crippen LogP contribution < -0.4 is 0 Å². The largest absolute Gasteiger partial charge is 0.294 e. The Hall–Kier alpha value is -2.15. The Labute approximate surface area is 137 Å². The number of ketones is 1. The summed E-state index contributed by atoms with van der Waals surface area (Å²) in [7, 11) is 0. The van der Waals surface area contributed by atoms with Crippen LogP contribution in [0, 0.1) is 17.3 Å². The topological polar surface area (TPSA) is 17.1 Å². The van der Waals surface area contributed by atoms with E-state index >= 15 is 0 Å². The smallest absolute Gasteiger partial charge is 0.169 e. The van der Waals surface area contributed by atoms with Crippen LogP contribution in [0.15, 0.2) is 60.7 Å². The molecule has 0 aromatic heterocycles. The lowest BCUT2D eigenvalue weighted by Gasteiger charge is -2.38. The van der Waals surface area contributed by atoms with Crippen molar-refractivity contribution in [1.29, 1.82) is 0 Å². The Kier molecular flexibility index (Phi) is 2.70. The summed E-state index contributed by atoms with van der Waals surface area (Å²) in [5, 5.41) is 0. The first kappa shape index (κ1) is 13.3. The minimum Gasteiger partial charge on any atom is -0.294 e. The molecule has 3 atom stereocenters. The van der Waals surface area contributed by atoms with E-state index in [1.807, 2.05) is 6.07 Å². The molecular weight excluding hydrogens is 280 g/mol. The van der Waals surface area contributed by atoms with Gasteiger partial charge in [0, 0.05) is 11.0 Å². The number of hydrogen-bond donors (Lipinski definition) is 0. The third-order valence-electron chi connectivity index (χ3n) is 6.26. The van der Waals surface area contributed by atoms with E-state index in [1.54, 1.807) is 0 Å². The molecule has 0 heterocycles. The Bertz CT molecular complexity index is 817. The summed E-state index contributed by atoms with van der Waals surface area (Å²) < 4.78 is 0. The van der Waals surface area contributed by atoms with Crippen molar-refractivity contribution in [3.05, 3.63) is 71.8 Å². The first-order chi connectivity index (χ1) is 11.3. The molecule has 0 saturated heterocycles. The van der Waals surface area contributed by atoms with E-state index in [0.29, 0.717) is 17.6 Å². The van der Waals surface area contributed by atoms with Gasteiger partial charge in [-0.2, -0.15) is 0 Å². The molecule has 2 aromatic carbocycles. The molecule has 2 bridgehead atoms. The van der Waals surface area contributed by atoms with Crippen molar-refractivity contribution in [3.8, 4) is 11.1 Å². The predicted octanol–water partition coefficient (Wildman–Crippen LogP) is 5.06. The normalized spacial score (nSPS) is 30.9. The van der Waals surface area contributed by atoms with Crippen LogP contribution in [0.5, 0.6) is 0 Å². The number of hydrogen-bond acceptors (Lipinski definition) is 1. The second-order valence-electron chi connectivity index (χ2n) is 7.41. The average Bonchev–Trinajstić information content (AvgIpc) is 3.21. The Balaban J connectivity index is 1.55. The molecule has 0 N–H and O–H groups in total. The quantitative estimate of drug-likeness (QED) is 0.672. The van der Waals surface area contributed by atoms with E-state index < -0.39 is 0 Å². The molecule has 3 unspecified atom stereocenters. The van der Waals surface area contributed by atoms with Gasteiger partial charge in [-0.25, -0.2) is 0 Å². The van der Waals surface area contributed by atoms with Crippen LogP contribution in [0.25, 0.3) is 11.1 Å². The highest BCUT2D eigenvalue weighted by Crippen LogP contribution is 2.57. The molecule has 2 aromatic rings. The summed E-state index contributed by atoms with van der Waals surface area (Å²) in [6, 6.07) is 16.9. The van der Waals surface area contributed by atoms with Crippen LogP contribution >= 0.6 is 0 Å². The Morgan fingerprint density at radius 3 is 2.57 bits per heavy atom. The summed E-state index contributed by atoms with van der Waals surface area (Å²) in [6.07, 6.45) is 8.99. The van der Waals surface area contributed by atoms with Crippen molar-refractivity contribution >= 4 is 5.78 Å². The van der Waals surface area contributed by atoms with Crippen molar-refractivity contribution in [2.45, 2.75) is 25.7 Å². The monoisotopic (exact) mass is 300 g/mol. The van der Waals surface area contributed by atoms with Crippen LogP contribution in [0.1, 0.15) is 35.2 Å². The number of carbonyl (C=O) groups excluding carboxylic acids is 1. The van der Waals surface area contributed by atoms with Crippen molar-refractivity contribution in [3.63, 3.8) is 0 Å². The fourth-order valence-electron chi connectivity index (χ4n) is 5.08. The third kappa shape index (κ3) is 1.83. The minimum absolute atomic E-state index is 0.0827. The molecule has 0 radical (unpaired) electrons. The molecule has 3 aliphatic carbocycles. The van der Waals surface area contributed by atoms with E-state index in [4.69, 9.17) is 0 Å². The maximum atomic E-state index is 13.2. The molecule has 5 rings (SSSR count). The van der Waals surface area contributed by atoms with E-state index in [1.165, 1.54) is 23.1 Å². The number of allylic oxidation sites excluding steroid dienone is 2. The lowest BCUT2D eigenvalue weighted by atomic mass is 9.63. The summed E-state index contributed by atoms with van der Waals surface area (Å²) >= 11 is 0. The van der Waals surface area contributed by atoms with Gasteiger partial charge in [-0.3, -0.25) is 4.79 Å². The molecule has 1 nitrogen and oxygen atoms in total. The molecular formula is C22H20O. The van der Waals surface area contributed by atoms with E-state index in [9.17, 15) is 4.79 Å². The summed E-state index contributed by atoms with van der Waals surface area (Å²) in [6.45, 7) is 0. The highest BCUT2D eigenvalue weighted by atomic mass is 16.1. The lowest BCUT2D eigenvalue weighted by molar-refractivity contribution is 0.0702.